The Morgan fingerprint density at radius 3 is 2.24 bits per heavy atom. The molecule has 3 nitrogen and oxygen atoms in total. The van der Waals surface area contributed by atoms with Gasteiger partial charge in [-0.05, 0) is 51.9 Å². The number of sulfone groups is 1. The molecule has 0 aliphatic heterocycles. The molecule has 0 aromatic carbocycles. The highest BCUT2D eigenvalue weighted by Gasteiger charge is 2.42. The molecule has 17 heavy (non-hydrogen) atoms. The summed E-state index contributed by atoms with van der Waals surface area (Å²) in [4.78, 5) is 0. The molecule has 0 spiro atoms. The average molecular weight is 261 g/mol. The standard InChI is InChI=1S/C13H27NO2S/c1-5-17(15,16)10-6-7-13(8-9-13)11-14-12(2,3)4/h14H,5-11H2,1-4H3. The van der Waals surface area contributed by atoms with Gasteiger partial charge in [0, 0.05) is 17.8 Å². The van der Waals surface area contributed by atoms with E-state index in [4.69, 9.17) is 0 Å². The lowest BCUT2D eigenvalue weighted by Gasteiger charge is -2.25. The molecule has 102 valence electrons. The summed E-state index contributed by atoms with van der Waals surface area (Å²) in [5.74, 6) is 0.640. The molecule has 1 N–H and O–H groups in total. The summed E-state index contributed by atoms with van der Waals surface area (Å²) < 4.78 is 22.8. The van der Waals surface area contributed by atoms with Gasteiger partial charge in [0.15, 0.2) is 0 Å². The van der Waals surface area contributed by atoms with Crippen LogP contribution in [-0.2, 0) is 9.84 Å². The van der Waals surface area contributed by atoms with Gasteiger partial charge in [-0.2, -0.15) is 0 Å². The van der Waals surface area contributed by atoms with E-state index >= 15 is 0 Å². The van der Waals surface area contributed by atoms with E-state index in [0.717, 1.165) is 19.4 Å². The Hall–Kier alpha value is -0.0900. The molecule has 0 bridgehead atoms. The number of rotatable bonds is 7. The minimum atomic E-state index is -2.78. The largest absolute Gasteiger partial charge is 0.312 e. The van der Waals surface area contributed by atoms with E-state index in [1.165, 1.54) is 12.8 Å². The minimum absolute atomic E-state index is 0.158. The van der Waals surface area contributed by atoms with Gasteiger partial charge < -0.3 is 5.32 Å². The predicted octanol–water partition coefficient (Wildman–Crippen LogP) is 2.37. The molecule has 0 aromatic rings. The Morgan fingerprint density at radius 1 is 1.24 bits per heavy atom. The third-order valence-corrected chi connectivity index (χ3v) is 5.34. The first kappa shape index (κ1) is 15.0. The maximum Gasteiger partial charge on any atom is 0.150 e. The average Bonchev–Trinajstić information content (AvgIpc) is 2.95. The van der Waals surface area contributed by atoms with Crippen LogP contribution in [0.25, 0.3) is 0 Å². The molecule has 1 rings (SSSR count). The van der Waals surface area contributed by atoms with Crippen LogP contribution in [0.15, 0.2) is 0 Å². The second-order valence-electron chi connectivity index (χ2n) is 6.44. The SMILES string of the molecule is CCS(=O)(=O)CCCC1(CNC(C)(C)C)CC1. The number of hydrogen-bond donors (Lipinski definition) is 1. The fourth-order valence-corrected chi connectivity index (χ4v) is 2.83. The zero-order chi connectivity index (χ0) is 13.2. The van der Waals surface area contributed by atoms with Crippen molar-refractivity contribution < 1.29 is 8.42 Å². The van der Waals surface area contributed by atoms with E-state index in [0.29, 0.717) is 11.2 Å². The monoisotopic (exact) mass is 261 g/mol. The van der Waals surface area contributed by atoms with Gasteiger partial charge in [-0.25, -0.2) is 8.42 Å². The molecular formula is C13H27NO2S. The van der Waals surface area contributed by atoms with Crippen LogP contribution in [0.2, 0.25) is 0 Å². The Bertz CT molecular complexity index is 337. The van der Waals surface area contributed by atoms with Crippen LogP contribution in [0.4, 0.5) is 0 Å². The first-order valence-corrected chi connectivity index (χ1v) is 8.46. The van der Waals surface area contributed by atoms with Crippen molar-refractivity contribution in [3.05, 3.63) is 0 Å². The molecule has 1 fully saturated rings. The Labute approximate surface area is 106 Å². The highest BCUT2D eigenvalue weighted by molar-refractivity contribution is 7.91. The molecule has 0 aromatic heterocycles. The third-order valence-electron chi connectivity index (χ3n) is 3.55. The minimum Gasteiger partial charge on any atom is -0.312 e. The normalized spacial score (nSPS) is 19.3. The lowest BCUT2D eigenvalue weighted by Crippen LogP contribution is -2.39. The van der Waals surface area contributed by atoms with E-state index in [-0.39, 0.29) is 11.3 Å². The summed E-state index contributed by atoms with van der Waals surface area (Å²) in [5, 5.41) is 3.54. The van der Waals surface area contributed by atoms with Crippen molar-refractivity contribution in [1.82, 2.24) is 5.32 Å². The fraction of sp³-hybridized carbons (Fsp3) is 1.00. The van der Waals surface area contributed by atoms with Crippen LogP contribution in [0, 0.1) is 5.41 Å². The molecule has 1 aliphatic rings. The maximum absolute atomic E-state index is 11.4. The van der Waals surface area contributed by atoms with Gasteiger partial charge in [-0.15, -0.1) is 0 Å². The topological polar surface area (TPSA) is 46.2 Å². The van der Waals surface area contributed by atoms with Crippen molar-refractivity contribution in [1.29, 1.82) is 0 Å². The predicted molar refractivity (Wildman–Crippen MR) is 73.0 cm³/mol. The smallest absolute Gasteiger partial charge is 0.150 e. The quantitative estimate of drug-likeness (QED) is 0.765. The highest BCUT2D eigenvalue weighted by Crippen LogP contribution is 2.49. The first-order chi connectivity index (χ1) is 7.68. The van der Waals surface area contributed by atoms with E-state index in [1.54, 1.807) is 6.92 Å². The second-order valence-corrected chi connectivity index (χ2v) is 8.92. The van der Waals surface area contributed by atoms with E-state index in [2.05, 4.69) is 26.1 Å². The molecule has 0 unspecified atom stereocenters. The Morgan fingerprint density at radius 2 is 1.82 bits per heavy atom. The number of hydrogen-bond acceptors (Lipinski definition) is 3. The zero-order valence-electron chi connectivity index (χ0n) is 11.7. The van der Waals surface area contributed by atoms with Crippen molar-refractivity contribution in [3.8, 4) is 0 Å². The van der Waals surface area contributed by atoms with Gasteiger partial charge in [-0.3, -0.25) is 0 Å². The molecule has 0 amide bonds. The van der Waals surface area contributed by atoms with Crippen molar-refractivity contribution in [2.45, 2.75) is 58.9 Å². The van der Waals surface area contributed by atoms with Crippen molar-refractivity contribution in [2.75, 3.05) is 18.1 Å². The lowest BCUT2D eigenvalue weighted by molar-refractivity contribution is 0.342. The molecule has 0 saturated heterocycles. The van der Waals surface area contributed by atoms with E-state index in [1.807, 2.05) is 0 Å². The molecule has 0 heterocycles. The van der Waals surface area contributed by atoms with Crippen LogP contribution in [0.1, 0.15) is 53.4 Å². The summed E-state index contributed by atoms with van der Waals surface area (Å²) in [5.41, 5.74) is 0.557. The Kier molecular flexibility index (Phi) is 4.64. The Balaban J connectivity index is 2.27. The second kappa shape index (κ2) is 5.27. The molecule has 0 atom stereocenters. The molecule has 4 heteroatoms. The van der Waals surface area contributed by atoms with Crippen LogP contribution in [0.5, 0.6) is 0 Å². The maximum atomic E-state index is 11.4. The highest BCUT2D eigenvalue weighted by atomic mass is 32.2. The number of nitrogens with one attached hydrogen (secondary N) is 1. The molecule has 1 saturated carbocycles. The van der Waals surface area contributed by atoms with Gasteiger partial charge >= 0.3 is 0 Å². The van der Waals surface area contributed by atoms with Crippen LogP contribution in [-0.4, -0.2) is 32.0 Å². The van der Waals surface area contributed by atoms with Gasteiger partial charge in [0.05, 0.1) is 5.75 Å². The molecule has 0 radical (unpaired) electrons. The molecular weight excluding hydrogens is 234 g/mol. The van der Waals surface area contributed by atoms with Gasteiger partial charge in [0.1, 0.15) is 9.84 Å². The van der Waals surface area contributed by atoms with Crippen LogP contribution in [0.3, 0.4) is 0 Å². The summed E-state index contributed by atoms with van der Waals surface area (Å²) >= 11 is 0. The van der Waals surface area contributed by atoms with Gasteiger partial charge in [0.25, 0.3) is 0 Å². The fourth-order valence-electron chi connectivity index (χ4n) is 1.96. The summed E-state index contributed by atoms with van der Waals surface area (Å²) in [6.45, 7) is 9.27. The molecule has 1 aliphatic carbocycles. The third kappa shape index (κ3) is 5.87. The van der Waals surface area contributed by atoms with Crippen molar-refractivity contribution >= 4 is 9.84 Å². The van der Waals surface area contributed by atoms with Crippen molar-refractivity contribution in [2.24, 2.45) is 5.41 Å². The zero-order valence-corrected chi connectivity index (χ0v) is 12.5. The van der Waals surface area contributed by atoms with Gasteiger partial charge in [0.2, 0.25) is 0 Å². The lowest BCUT2D eigenvalue weighted by atomic mass is 9.99. The van der Waals surface area contributed by atoms with Crippen LogP contribution < -0.4 is 5.32 Å². The first-order valence-electron chi connectivity index (χ1n) is 6.64. The summed E-state index contributed by atoms with van der Waals surface area (Å²) in [6, 6.07) is 0. The van der Waals surface area contributed by atoms with Crippen LogP contribution >= 0.6 is 0 Å². The van der Waals surface area contributed by atoms with E-state index < -0.39 is 9.84 Å². The summed E-state index contributed by atoms with van der Waals surface area (Å²) in [7, 11) is -2.78. The van der Waals surface area contributed by atoms with E-state index in [9.17, 15) is 8.42 Å². The summed E-state index contributed by atoms with van der Waals surface area (Å²) in [6.07, 6.45) is 4.38. The van der Waals surface area contributed by atoms with Crippen molar-refractivity contribution in [3.63, 3.8) is 0 Å². The van der Waals surface area contributed by atoms with Gasteiger partial charge in [-0.1, -0.05) is 6.92 Å².